The van der Waals surface area contributed by atoms with E-state index in [0.717, 1.165) is 0 Å². The van der Waals surface area contributed by atoms with Gasteiger partial charge in [-0.1, -0.05) is 12.1 Å². The Hall–Kier alpha value is -2.45. The molecule has 0 aliphatic heterocycles. The average molecular weight is 366 g/mol. The Bertz CT molecular complexity index is 867. The summed E-state index contributed by atoms with van der Waals surface area (Å²) in [6.07, 6.45) is 0. The predicted molar refractivity (Wildman–Crippen MR) is 92.4 cm³/mol. The Morgan fingerprint density at radius 3 is 2.36 bits per heavy atom. The van der Waals surface area contributed by atoms with E-state index in [9.17, 15) is 17.6 Å². The third-order valence-corrected chi connectivity index (χ3v) is 5.03. The quantitative estimate of drug-likeness (QED) is 0.823. The number of halogens is 1. The molecule has 8 heteroatoms. The molecule has 134 valence electrons. The van der Waals surface area contributed by atoms with E-state index in [-0.39, 0.29) is 16.5 Å². The van der Waals surface area contributed by atoms with Gasteiger partial charge in [-0.05, 0) is 42.8 Å². The Morgan fingerprint density at radius 2 is 1.80 bits per heavy atom. The monoisotopic (exact) mass is 366 g/mol. The molecule has 0 radical (unpaired) electrons. The van der Waals surface area contributed by atoms with Gasteiger partial charge in [0.1, 0.15) is 11.6 Å². The minimum Gasteiger partial charge on any atom is -0.495 e. The van der Waals surface area contributed by atoms with Crippen LogP contribution >= 0.6 is 0 Å². The molecule has 6 nitrogen and oxygen atoms in total. The highest BCUT2D eigenvalue weighted by Gasteiger charge is 2.20. The molecule has 0 aliphatic rings. The van der Waals surface area contributed by atoms with Crippen molar-refractivity contribution in [3.05, 3.63) is 53.8 Å². The average Bonchev–Trinajstić information content (AvgIpc) is 2.54. The molecule has 2 aromatic rings. The van der Waals surface area contributed by atoms with E-state index in [1.165, 1.54) is 56.5 Å². The molecule has 25 heavy (non-hydrogen) atoms. The molecule has 2 aromatic carbocycles. The van der Waals surface area contributed by atoms with Gasteiger partial charge in [-0.15, -0.1) is 0 Å². The van der Waals surface area contributed by atoms with Crippen LogP contribution in [0.3, 0.4) is 0 Å². The highest BCUT2D eigenvalue weighted by molar-refractivity contribution is 7.89. The minimum atomic E-state index is -3.85. The first-order valence-corrected chi connectivity index (χ1v) is 8.94. The number of hydrogen-bond acceptors (Lipinski definition) is 4. The molecule has 0 heterocycles. The van der Waals surface area contributed by atoms with E-state index in [1.807, 2.05) is 0 Å². The summed E-state index contributed by atoms with van der Waals surface area (Å²) in [6.45, 7) is 2.97. The third-order valence-electron chi connectivity index (χ3n) is 3.49. The maximum atomic E-state index is 13.0. The summed E-state index contributed by atoms with van der Waals surface area (Å²) in [5, 5.41) is 2.53. The van der Waals surface area contributed by atoms with Crippen LogP contribution in [0.1, 0.15) is 25.5 Å². The molecule has 0 spiro atoms. The first-order chi connectivity index (χ1) is 11.7. The number of anilines is 1. The summed E-state index contributed by atoms with van der Waals surface area (Å²) < 4.78 is 45.8. The lowest BCUT2D eigenvalue weighted by Gasteiger charge is -2.16. The van der Waals surface area contributed by atoms with Crippen LogP contribution in [0.4, 0.5) is 10.1 Å². The number of hydrogen-bond donors (Lipinski definition) is 2. The van der Waals surface area contributed by atoms with Crippen LogP contribution in [0.25, 0.3) is 0 Å². The molecule has 0 aromatic heterocycles. The number of ether oxygens (including phenoxy) is 1. The summed E-state index contributed by atoms with van der Waals surface area (Å²) in [7, 11) is -2.43. The highest BCUT2D eigenvalue weighted by atomic mass is 32.2. The number of amides is 1. The number of benzene rings is 2. The van der Waals surface area contributed by atoms with Gasteiger partial charge in [0.25, 0.3) is 0 Å². The SMILES string of the molecule is COc1ccc(S(=O)(=O)N[C@H](C)c2ccc(F)cc2)cc1NC(C)=O. The summed E-state index contributed by atoms with van der Waals surface area (Å²) in [5.74, 6) is -0.393. The smallest absolute Gasteiger partial charge is 0.241 e. The van der Waals surface area contributed by atoms with Gasteiger partial charge in [-0.2, -0.15) is 0 Å². The lowest BCUT2D eigenvalue weighted by atomic mass is 10.1. The number of carbonyl (C=O) groups is 1. The molecule has 0 fully saturated rings. The molecular formula is C17H19FN2O4S. The number of methoxy groups -OCH3 is 1. The molecule has 0 saturated heterocycles. The minimum absolute atomic E-state index is 0.0222. The zero-order valence-electron chi connectivity index (χ0n) is 14.0. The second-order valence-electron chi connectivity index (χ2n) is 5.44. The van der Waals surface area contributed by atoms with Gasteiger partial charge in [0.05, 0.1) is 17.7 Å². The zero-order valence-corrected chi connectivity index (χ0v) is 14.9. The van der Waals surface area contributed by atoms with Gasteiger partial charge < -0.3 is 10.1 Å². The number of carbonyl (C=O) groups excluding carboxylic acids is 1. The van der Waals surface area contributed by atoms with Gasteiger partial charge in [0, 0.05) is 13.0 Å². The van der Waals surface area contributed by atoms with E-state index in [2.05, 4.69) is 10.0 Å². The van der Waals surface area contributed by atoms with Crippen LogP contribution in [0.5, 0.6) is 5.75 Å². The molecule has 2 N–H and O–H groups in total. The van der Waals surface area contributed by atoms with Gasteiger partial charge in [-0.25, -0.2) is 17.5 Å². The number of sulfonamides is 1. The van der Waals surface area contributed by atoms with Crippen molar-refractivity contribution in [1.29, 1.82) is 0 Å². The van der Waals surface area contributed by atoms with Crippen molar-refractivity contribution in [2.75, 3.05) is 12.4 Å². The fraction of sp³-hybridized carbons (Fsp3) is 0.235. The maximum Gasteiger partial charge on any atom is 0.241 e. The first kappa shape index (κ1) is 18.9. The van der Waals surface area contributed by atoms with Crippen LogP contribution < -0.4 is 14.8 Å². The second kappa shape index (κ2) is 7.62. The largest absolute Gasteiger partial charge is 0.495 e. The molecular weight excluding hydrogens is 347 g/mol. The van der Waals surface area contributed by atoms with Gasteiger partial charge in [-0.3, -0.25) is 4.79 Å². The van der Waals surface area contributed by atoms with Gasteiger partial charge in [0.2, 0.25) is 15.9 Å². The molecule has 1 atom stereocenters. The first-order valence-electron chi connectivity index (χ1n) is 7.46. The Balaban J connectivity index is 2.29. The molecule has 0 unspecified atom stereocenters. The summed E-state index contributed by atoms with van der Waals surface area (Å²) in [6, 6.07) is 9.16. The van der Waals surface area contributed by atoms with Gasteiger partial charge >= 0.3 is 0 Å². The fourth-order valence-corrected chi connectivity index (χ4v) is 3.52. The van der Waals surface area contributed by atoms with E-state index in [0.29, 0.717) is 11.3 Å². The van der Waals surface area contributed by atoms with Crippen LogP contribution in [-0.2, 0) is 14.8 Å². The molecule has 2 rings (SSSR count). The lowest BCUT2D eigenvalue weighted by molar-refractivity contribution is -0.114. The Morgan fingerprint density at radius 1 is 1.16 bits per heavy atom. The summed E-state index contributed by atoms with van der Waals surface area (Å²) in [4.78, 5) is 11.2. The lowest BCUT2D eigenvalue weighted by Crippen LogP contribution is -2.27. The highest BCUT2D eigenvalue weighted by Crippen LogP contribution is 2.28. The van der Waals surface area contributed by atoms with E-state index >= 15 is 0 Å². The van der Waals surface area contributed by atoms with Crippen molar-refractivity contribution in [3.63, 3.8) is 0 Å². The molecule has 0 saturated carbocycles. The topological polar surface area (TPSA) is 84.5 Å². The standard InChI is InChI=1S/C17H19FN2O4S/c1-11(13-4-6-14(18)7-5-13)20-25(22,23)15-8-9-17(24-3)16(10-15)19-12(2)21/h4-11,20H,1-3H3,(H,19,21)/t11-/m1/s1. The van der Waals surface area contributed by atoms with Crippen molar-refractivity contribution < 1.29 is 22.3 Å². The van der Waals surface area contributed by atoms with Crippen LogP contribution in [0, 0.1) is 5.82 Å². The molecule has 0 bridgehead atoms. The summed E-state index contributed by atoms with van der Waals surface area (Å²) in [5.41, 5.74) is 0.882. The third kappa shape index (κ3) is 4.77. The van der Waals surface area contributed by atoms with E-state index in [1.54, 1.807) is 6.92 Å². The van der Waals surface area contributed by atoms with Crippen molar-refractivity contribution in [1.82, 2.24) is 4.72 Å². The normalized spacial score (nSPS) is 12.5. The number of nitrogens with one attached hydrogen (secondary N) is 2. The molecule has 1 amide bonds. The van der Waals surface area contributed by atoms with Crippen molar-refractivity contribution in [2.45, 2.75) is 24.8 Å². The Kier molecular flexibility index (Phi) is 5.76. The van der Waals surface area contributed by atoms with Crippen LogP contribution in [0.15, 0.2) is 47.4 Å². The predicted octanol–water partition coefficient (Wildman–Crippen LogP) is 2.83. The van der Waals surface area contributed by atoms with E-state index < -0.39 is 21.9 Å². The van der Waals surface area contributed by atoms with Crippen LogP contribution in [0.2, 0.25) is 0 Å². The Labute approximate surface area is 146 Å². The van der Waals surface area contributed by atoms with Gasteiger partial charge in [0.15, 0.2) is 0 Å². The molecule has 0 aliphatic carbocycles. The van der Waals surface area contributed by atoms with Crippen molar-refractivity contribution in [3.8, 4) is 5.75 Å². The summed E-state index contributed by atoms with van der Waals surface area (Å²) >= 11 is 0. The fourth-order valence-electron chi connectivity index (χ4n) is 2.26. The second-order valence-corrected chi connectivity index (χ2v) is 7.15. The number of rotatable bonds is 6. The maximum absolute atomic E-state index is 13.0. The van der Waals surface area contributed by atoms with Crippen LogP contribution in [-0.4, -0.2) is 21.4 Å². The van der Waals surface area contributed by atoms with Crippen molar-refractivity contribution in [2.24, 2.45) is 0 Å². The van der Waals surface area contributed by atoms with E-state index in [4.69, 9.17) is 4.74 Å². The zero-order chi connectivity index (χ0) is 18.6. The van der Waals surface area contributed by atoms with Crippen molar-refractivity contribution >= 4 is 21.6 Å².